The number of aryl methyl sites for hydroxylation is 2. The molecule has 7 heteroatoms. The van der Waals surface area contributed by atoms with Crippen LogP contribution in [0, 0.1) is 6.92 Å². The molecule has 0 aliphatic rings. The molecule has 0 N–H and O–H groups in total. The van der Waals surface area contributed by atoms with Gasteiger partial charge in [0.05, 0.1) is 19.9 Å². The smallest absolute Gasteiger partial charge is 0.356 e. The highest BCUT2D eigenvalue weighted by molar-refractivity contribution is 5.87. The van der Waals surface area contributed by atoms with Crippen LogP contribution in [0.5, 0.6) is 0 Å². The fraction of sp³-hybridized carbons (Fsp3) is 0.500. The molecule has 2 aromatic heterocycles. The molecule has 0 amide bonds. The Morgan fingerprint density at radius 1 is 1.42 bits per heavy atom. The summed E-state index contributed by atoms with van der Waals surface area (Å²) in [5.41, 5.74) is 0.422. The van der Waals surface area contributed by atoms with Gasteiger partial charge in [0.15, 0.2) is 0 Å². The lowest BCUT2D eigenvalue weighted by Crippen LogP contribution is -2.16. The summed E-state index contributed by atoms with van der Waals surface area (Å²) in [5.74, 6) is 1.14. The van der Waals surface area contributed by atoms with Gasteiger partial charge in [-0.1, -0.05) is 6.92 Å². The van der Waals surface area contributed by atoms with Crippen molar-refractivity contribution in [1.29, 1.82) is 0 Å². The summed E-state index contributed by atoms with van der Waals surface area (Å²) in [6.07, 6.45) is 4.01. The number of carbonyl (C=O) groups is 1. The molecule has 19 heavy (non-hydrogen) atoms. The van der Waals surface area contributed by atoms with Gasteiger partial charge in [0, 0.05) is 6.54 Å². The van der Waals surface area contributed by atoms with Crippen LogP contribution in [0.15, 0.2) is 12.5 Å². The molecule has 2 heterocycles. The topological polar surface area (TPSA) is 74.8 Å². The number of hydrogen-bond donors (Lipinski definition) is 0. The Morgan fingerprint density at radius 2 is 2.21 bits per heavy atom. The van der Waals surface area contributed by atoms with Crippen LogP contribution >= 0.6 is 0 Å². The zero-order chi connectivity index (χ0) is 13.8. The largest absolute Gasteiger partial charge is 0.464 e. The van der Waals surface area contributed by atoms with Gasteiger partial charge in [0.2, 0.25) is 0 Å². The molecule has 0 radical (unpaired) electrons. The third kappa shape index (κ3) is 2.64. The Labute approximate surface area is 111 Å². The highest BCUT2D eigenvalue weighted by Crippen LogP contribution is 2.09. The zero-order valence-electron chi connectivity index (χ0n) is 11.3. The molecule has 0 unspecified atom stereocenters. The lowest BCUT2D eigenvalue weighted by molar-refractivity contribution is 0.0588. The van der Waals surface area contributed by atoms with Gasteiger partial charge >= 0.3 is 5.97 Å². The summed E-state index contributed by atoms with van der Waals surface area (Å²) in [7, 11) is 1.36. The summed E-state index contributed by atoms with van der Waals surface area (Å²) in [4.78, 5) is 20.0. The van der Waals surface area contributed by atoms with E-state index in [4.69, 9.17) is 4.74 Å². The molecule has 2 rings (SSSR count). The molecule has 0 aliphatic carbocycles. The summed E-state index contributed by atoms with van der Waals surface area (Å²) >= 11 is 0. The van der Waals surface area contributed by atoms with E-state index in [2.05, 4.69) is 22.0 Å². The van der Waals surface area contributed by atoms with Crippen LogP contribution in [-0.4, -0.2) is 37.4 Å². The molecular formula is C12H17N5O2. The number of hydrogen-bond acceptors (Lipinski definition) is 5. The maximum atomic E-state index is 11.7. The van der Waals surface area contributed by atoms with Crippen molar-refractivity contribution in [3.8, 4) is 0 Å². The van der Waals surface area contributed by atoms with Crippen molar-refractivity contribution in [3.63, 3.8) is 0 Å². The second-order valence-electron chi connectivity index (χ2n) is 4.17. The second kappa shape index (κ2) is 5.64. The fourth-order valence-electron chi connectivity index (χ4n) is 1.89. The van der Waals surface area contributed by atoms with E-state index in [1.54, 1.807) is 4.57 Å². The van der Waals surface area contributed by atoms with Crippen LogP contribution in [0.4, 0.5) is 0 Å². The summed E-state index contributed by atoms with van der Waals surface area (Å²) in [6.45, 7) is 5.17. The molecule has 0 bridgehead atoms. The van der Waals surface area contributed by atoms with Crippen LogP contribution < -0.4 is 0 Å². The van der Waals surface area contributed by atoms with E-state index >= 15 is 0 Å². The highest BCUT2D eigenvalue weighted by Gasteiger charge is 2.16. The third-order valence-electron chi connectivity index (χ3n) is 2.88. The number of carbonyl (C=O) groups excluding carboxylic acids is 1. The van der Waals surface area contributed by atoms with Gasteiger partial charge < -0.3 is 9.30 Å². The van der Waals surface area contributed by atoms with Crippen LogP contribution in [0.3, 0.4) is 0 Å². The number of ether oxygens (including phenoxy) is 1. The van der Waals surface area contributed by atoms with Gasteiger partial charge in [0.25, 0.3) is 0 Å². The Hall–Kier alpha value is -2.18. The average molecular weight is 263 g/mol. The molecule has 102 valence electrons. The lowest BCUT2D eigenvalue weighted by Gasteiger charge is -2.09. The Morgan fingerprint density at radius 3 is 2.89 bits per heavy atom. The molecule has 7 nitrogen and oxygen atoms in total. The van der Waals surface area contributed by atoms with Crippen molar-refractivity contribution < 1.29 is 9.53 Å². The SMILES string of the molecule is CCCn1ncnc1Cn1c(C(=O)OC)cnc1C. The van der Waals surface area contributed by atoms with Gasteiger partial charge in [-0.3, -0.25) is 0 Å². The van der Waals surface area contributed by atoms with Crippen molar-refractivity contribution in [3.05, 3.63) is 29.9 Å². The van der Waals surface area contributed by atoms with Crippen molar-refractivity contribution in [1.82, 2.24) is 24.3 Å². The van der Waals surface area contributed by atoms with E-state index < -0.39 is 5.97 Å². The maximum absolute atomic E-state index is 11.7. The number of nitrogens with zero attached hydrogens (tertiary/aromatic N) is 5. The van der Waals surface area contributed by atoms with E-state index in [9.17, 15) is 4.79 Å². The van der Waals surface area contributed by atoms with E-state index in [-0.39, 0.29) is 0 Å². The summed E-state index contributed by atoms with van der Waals surface area (Å²) in [5, 5.41) is 4.17. The zero-order valence-corrected chi connectivity index (χ0v) is 11.3. The predicted molar refractivity (Wildman–Crippen MR) is 67.7 cm³/mol. The number of imidazole rings is 1. The number of aromatic nitrogens is 5. The number of methoxy groups -OCH3 is 1. The summed E-state index contributed by atoms with van der Waals surface area (Å²) < 4.78 is 8.36. The first kappa shape index (κ1) is 13.3. The number of rotatable bonds is 5. The fourth-order valence-corrected chi connectivity index (χ4v) is 1.89. The van der Waals surface area contributed by atoms with Gasteiger partial charge in [-0.25, -0.2) is 19.4 Å². The molecule has 0 saturated heterocycles. The van der Waals surface area contributed by atoms with Crippen molar-refractivity contribution in [2.24, 2.45) is 0 Å². The van der Waals surface area contributed by atoms with Crippen LogP contribution in [0.2, 0.25) is 0 Å². The molecule has 0 aliphatic heterocycles. The standard InChI is InChI=1S/C12H17N5O2/c1-4-5-17-11(14-8-15-17)7-16-9(2)13-6-10(16)12(18)19-3/h6,8H,4-5,7H2,1-3H3. The first-order chi connectivity index (χ1) is 9.17. The summed E-state index contributed by atoms with van der Waals surface area (Å²) in [6, 6.07) is 0. The Bertz CT molecular complexity index is 572. The Balaban J connectivity index is 2.30. The monoisotopic (exact) mass is 263 g/mol. The minimum absolute atomic E-state index is 0.401. The van der Waals surface area contributed by atoms with Crippen LogP contribution in [0.25, 0.3) is 0 Å². The first-order valence-corrected chi connectivity index (χ1v) is 6.14. The maximum Gasteiger partial charge on any atom is 0.356 e. The van der Waals surface area contributed by atoms with E-state index in [0.29, 0.717) is 12.2 Å². The number of esters is 1. The van der Waals surface area contributed by atoms with Crippen molar-refractivity contribution in [2.75, 3.05) is 7.11 Å². The quantitative estimate of drug-likeness (QED) is 0.753. The predicted octanol–water partition coefficient (Wildman–Crippen LogP) is 1.03. The van der Waals surface area contributed by atoms with Crippen LogP contribution in [-0.2, 0) is 17.8 Å². The minimum Gasteiger partial charge on any atom is -0.464 e. The first-order valence-electron chi connectivity index (χ1n) is 6.14. The third-order valence-corrected chi connectivity index (χ3v) is 2.88. The molecule has 0 spiro atoms. The van der Waals surface area contributed by atoms with Gasteiger partial charge in [-0.2, -0.15) is 5.10 Å². The van der Waals surface area contributed by atoms with Gasteiger partial charge in [-0.05, 0) is 13.3 Å². The van der Waals surface area contributed by atoms with Crippen molar-refractivity contribution in [2.45, 2.75) is 33.4 Å². The van der Waals surface area contributed by atoms with E-state index in [1.807, 2.05) is 11.6 Å². The molecule has 0 fully saturated rings. The molecule has 0 aromatic carbocycles. The Kier molecular flexibility index (Phi) is 3.94. The van der Waals surface area contributed by atoms with E-state index in [0.717, 1.165) is 24.6 Å². The van der Waals surface area contributed by atoms with Gasteiger partial charge in [0.1, 0.15) is 23.7 Å². The molecule has 0 saturated carbocycles. The normalized spacial score (nSPS) is 10.7. The molecular weight excluding hydrogens is 246 g/mol. The average Bonchev–Trinajstić information content (AvgIpc) is 2.98. The second-order valence-corrected chi connectivity index (χ2v) is 4.17. The lowest BCUT2D eigenvalue weighted by atomic mass is 10.4. The molecule has 2 aromatic rings. The minimum atomic E-state index is -0.401. The van der Waals surface area contributed by atoms with E-state index in [1.165, 1.54) is 19.6 Å². The highest BCUT2D eigenvalue weighted by atomic mass is 16.5. The van der Waals surface area contributed by atoms with Gasteiger partial charge in [-0.15, -0.1) is 0 Å². The van der Waals surface area contributed by atoms with Crippen LogP contribution in [0.1, 0.15) is 35.5 Å². The molecule has 0 atom stereocenters. The van der Waals surface area contributed by atoms with Crippen molar-refractivity contribution >= 4 is 5.97 Å².